The van der Waals surface area contributed by atoms with Crippen LogP contribution in [0.3, 0.4) is 0 Å². The Morgan fingerprint density at radius 1 is 1.56 bits per heavy atom. The molecular weight excluding hydrogens is 138 g/mol. The summed E-state index contributed by atoms with van der Waals surface area (Å²) in [7, 11) is 0. The maximum Gasteiger partial charge on any atom is 0.0742 e. The zero-order valence-corrected chi connectivity index (χ0v) is 6.61. The van der Waals surface area contributed by atoms with Crippen LogP contribution in [0.5, 0.6) is 0 Å². The zero-order chi connectivity index (χ0) is 6.36. The number of aliphatic hydroxyl groups excluding tert-OH is 1. The van der Waals surface area contributed by atoms with E-state index in [0.717, 1.165) is 6.42 Å². The van der Waals surface area contributed by atoms with Crippen LogP contribution in [0.1, 0.15) is 20.3 Å². The van der Waals surface area contributed by atoms with Crippen molar-refractivity contribution in [3.63, 3.8) is 0 Å². The van der Waals surface area contributed by atoms with E-state index in [-0.39, 0.29) is 30.0 Å². The summed E-state index contributed by atoms with van der Waals surface area (Å²) in [5.74, 6) is 0. The number of hydrogen-bond acceptors (Lipinski definition) is 2. The second-order valence-corrected chi connectivity index (χ2v) is 3.30. The van der Waals surface area contributed by atoms with E-state index in [1.54, 1.807) is 0 Å². The van der Waals surface area contributed by atoms with Crippen LogP contribution in [0, 0.1) is 5.41 Å². The van der Waals surface area contributed by atoms with Crippen molar-refractivity contribution in [2.45, 2.75) is 32.4 Å². The minimum atomic E-state index is -0.275. The van der Waals surface area contributed by atoms with Gasteiger partial charge in [-0.25, -0.2) is 0 Å². The Labute approximate surface area is 61.8 Å². The van der Waals surface area contributed by atoms with Gasteiger partial charge in [-0.2, -0.15) is 0 Å². The van der Waals surface area contributed by atoms with E-state index in [4.69, 9.17) is 10.8 Å². The highest BCUT2D eigenvalue weighted by Gasteiger charge is 2.43. The molecule has 1 fully saturated rings. The third-order valence-electron chi connectivity index (χ3n) is 1.97. The molecule has 0 radical (unpaired) electrons. The van der Waals surface area contributed by atoms with Crippen molar-refractivity contribution < 1.29 is 5.11 Å². The van der Waals surface area contributed by atoms with Crippen LogP contribution in [-0.4, -0.2) is 17.3 Å². The van der Waals surface area contributed by atoms with E-state index in [1.165, 1.54) is 0 Å². The van der Waals surface area contributed by atoms with Crippen LogP contribution >= 0.6 is 12.4 Å². The number of nitrogens with two attached hydrogens (primary N) is 1. The van der Waals surface area contributed by atoms with E-state index in [1.807, 2.05) is 13.8 Å². The lowest BCUT2D eigenvalue weighted by atomic mass is 9.66. The van der Waals surface area contributed by atoms with Gasteiger partial charge in [-0.05, 0) is 11.8 Å². The SMILES string of the molecule is CC1(C)C[C@H](N)[C@@H]1O.Cl. The summed E-state index contributed by atoms with van der Waals surface area (Å²) in [5.41, 5.74) is 5.53. The number of aliphatic hydroxyl groups is 1. The fourth-order valence-electron chi connectivity index (χ4n) is 1.26. The number of hydrogen-bond donors (Lipinski definition) is 2. The van der Waals surface area contributed by atoms with Gasteiger partial charge in [0.2, 0.25) is 0 Å². The van der Waals surface area contributed by atoms with Crippen molar-refractivity contribution in [3.8, 4) is 0 Å². The highest BCUT2D eigenvalue weighted by Crippen LogP contribution is 2.38. The van der Waals surface area contributed by atoms with Crippen molar-refractivity contribution in [2.75, 3.05) is 0 Å². The van der Waals surface area contributed by atoms with E-state index in [2.05, 4.69) is 0 Å². The lowest BCUT2D eigenvalue weighted by Gasteiger charge is -2.46. The van der Waals surface area contributed by atoms with Crippen molar-refractivity contribution in [3.05, 3.63) is 0 Å². The Morgan fingerprint density at radius 2 is 2.00 bits per heavy atom. The van der Waals surface area contributed by atoms with Crippen molar-refractivity contribution >= 4 is 12.4 Å². The molecule has 0 aliphatic heterocycles. The first-order valence-corrected chi connectivity index (χ1v) is 2.98. The molecule has 9 heavy (non-hydrogen) atoms. The smallest absolute Gasteiger partial charge is 0.0742 e. The Balaban J connectivity index is 0.000000640. The third-order valence-corrected chi connectivity index (χ3v) is 1.97. The van der Waals surface area contributed by atoms with Crippen LogP contribution in [0.4, 0.5) is 0 Å². The van der Waals surface area contributed by atoms with Gasteiger partial charge in [-0.1, -0.05) is 13.8 Å². The molecule has 3 N–H and O–H groups in total. The second-order valence-electron chi connectivity index (χ2n) is 3.30. The molecule has 0 aromatic carbocycles. The molecule has 2 atom stereocenters. The summed E-state index contributed by atoms with van der Waals surface area (Å²) in [6.45, 7) is 4.06. The average molecular weight is 152 g/mol. The van der Waals surface area contributed by atoms with Crippen molar-refractivity contribution in [1.82, 2.24) is 0 Å². The molecule has 0 amide bonds. The molecule has 0 spiro atoms. The van der Waals surface area contributed by atoms with Gasteiger partial charge < -0.3 is 10.8 Å². The molecule has 0 heterocycles. The van der Waals surface area contributed by atoms with Gasteiger partial charge in [0.15, 0.2) is 0 Å². The number of halogens is 1. The lowest BCUT2D eigenvalue weighted by Crippen LogP contribution is -2.57. The Bertz CT molecular complexity index is 105. The summed E-state index contributed by atoms with van der Waals surface area (Å²) < 4.78 is 0. The molecule has 0 saturated heterocycles. The van der Waals surface area contributed by atoms with Gasteiger partial charge in [0, 0.05) is 6.04 Å². The van der Waals surface area contributed by atoms with Crippen LogP contribution in [0.2, 0.25) is 0 Å². The van der Waals surface area contributed by atoms with Crippen LogP contribution in [0.25, 0.3) is 0 Å². The Hall–Kier alpha value is 0.210. The average Bonchev–Trinajstić information content (AvgIpc) is 1.65. The highest BCUT2D eigenvalue weighted by atomic mass is 35.5. The summed E-state index contributed by atoms with van der Waals surface area (Å²) in [4.78, 5) is 0. The highest BCUT2D eigenvalue weighted by molar-refractivity contribution is 5.85. The van der Waals surface area contributed by atoms with Crippen molar-refractivity contribution in [1.29, 1.82) is 0 Å². The fraction of sp³-hybridized carbons (Fsp3) is 1.00. The standard InChI is InChI=1S/C6H13NO.ClH/c1-6(2)3-4(7)5(6)8;/h4-5,8H,3,7H2,1-2H3;1H/t4-,5-;/m0./s1. The topological polar surface area (TPSA) is 46.2 Å². The van der Waals surface area contributed by atoms with Gasteiger partial charge in [0.05, 0.1) is 6.10 Å². The van der Waals surface area contributed by atoms with Gasteiger partial charge >= 0.3 is 0 Å². The molecule has 0 unspecified atom stereocenters. The normalized spacial score (nSPS) is 38.7. The molecule has 3 heteroatoms. The maximum absolute atomic E-state index is 9.12. The lowest BCUT2D eigenvalue weighted by molar-refractivity contribution is -0.0590. The van der Waals surface area contributed by atoms with Gasteiger partial charge in [0.1, 0.15) is 0 Å². The summed E-state index contributed by atoms with van der Waals surface area (Å²) >= 11 is 0. The van der Waals surface area contributed by atoms with E-state index in [9.17, 15) is 0 Å². The van der Waals surface area contributed by atoms with Gasteiger partial charge in [-0.15, -0.1) is 12.4 Å². The molecule has 1 aliphatic rings. The predicted molar refractivity (Wildman–Crippen MR) is 39.6 cm³/mol. The molecular formula is C6H14ClNO. The monoisotopic (exact) mass is 151 g/mol. The first-order valence-electron chi connectivity index (χ1n) is 2.98. The fourth-order valence-corrected chi connectivity index (χ4v) is 1.26. The van der Waals surface area contributed by atoms with E-state index < -0.39 is 0 Å². The molecule has 0 bridgehead atoms. The first kappa shape index (κ1) is 9.21. The van der Waals surface area contributed by atoms with Gasteiger partial charge in [0.25, 0.3) is 0 Å². The molecule has 1 rings (SSSR count). The maximum atomic E-state index is 9.12. The molecule has 0 aromatic rings. The minimum Gasteiger partial charge on any atom is -0.391 e. The quantitative estimate of drug-likeness (QED) is 0.531. The number of rotatable bonds is 0. The molecule has 2 nitrogen and oxygen atoms in total. The predicted octanol–water partition coefficient (Wildman–Crippen LogP) is 0.526. The third kappa shape index (κ3) is 1.37. The summed E-state index contributed by atoms with van der Waals surface area (Å²) in [6, 6.07) is 0.0324. The Kier molecular flexibility index (Phi) is 2.50. The molecule has 1 saturated carbocycles. The Morgan fingerprint density at radius 3 is 2.00 bits per heavy atom. The molecule has 1 aliphatic carbocycles. The van der Waals surface area contributed by atoms with Crippen molar-refractivity contribution in [2.24, 2.45) is 11.1 Å². The summed E-state index contributed by atoms with van der Waals surface area (Å²) in [5, 5.41) is 9.12. The van der Waals surface area contributed by atoms with E-state index >= 15 is 0 Å². The molecule has 0 aromatic heterocycles. The first-order chi connectivity index (χ1) is 3.54. The van der Waals surface area contributed by atoms with Gasteiger partial charge in [-0.3, -0.25) is 0 Å². The zero-order valence-electron chi connectivity index (χ0n) is 5.79. The van der Waals surface area contributed by atoms with Crippen LogP contribution in [-0.2, 0) is 0 Å². The minimum absolute atomic E-state index is 0. The molecule has 56 valence electrons. The van der Waals surface area contributed by atoms with E-state index in [0.29, 0.717) is 0 Å². The second kappa shape index (κ2) is 2.45. The largest absolute Gasteiger partial charge is 0.391 e. The van der Waals surface area contributed by atoms with Crippen LogP contribution in [0.15, 0.2) is 0 Å². The van der Waals surface area contributed by atoms with Crippen LogP contribution < -0.4 is 5.73 Å². The summed E-state index contributed by atoms with van der Waals surface area (Å²) in [6.07, 6.45) is 0.677.